The Bertz CT molecular complexity index is 1150. The number of carbonyl (C=O) groups excluding carboxylic acids is 1. The molecule has 3 aromatic rings. The number of fused-ring (bicyclic) bond motifs is 1. The number of rotatable bonds is 3. The van der Waals surface area contributed by atoms with Crippen LogP contribution in [-0.4, -0.2) is 46.0 Å². The lowest BCUT2D eigenvalue weighted by Gasteiger charge is -2.38. The van der Waals surface area contributed by atoms with Gasteiger partial charge >= 0.3 is 0 Å². The van der Waals surface area contributed by atoms with Crippen LogP contribution in [0.1, 0.15) is 48.0 Å². The summed E-state index contributed by atoms with van der Waals surface area (Å²) in [6.07, 6.45) is 5.12. The van der Waals surface area contributed by atoms with Crippen LogP contribution < -0.4 is 0 Å². The predicted molar refractivity (Wildman–Crippen MR) is 124 cm³/mol. The highest BCUT2D eigenvalue weighted by Crippen LogP contribution is 2.40. The first kappa shape index (κ1) is 21.0. The summed E-state index contributed by atoms with van der Waals surface area (Å²) in [7, 11) is 0. The third-order valence-electron chi connectivity index (χ3n) is 7.30. The minimum Gasteiger partial charge on any atom is -0.507 e. The van der Waals surface area contributed by atoms with Crippen LogP contribution in [0.4, 0.5) is 4.39 Å². The van der Waals surface area contributed by atoms with Crippen molar-refractivity contribution in [3.8, 4) is 5.75 Å². The molecule has 166 valence electrons. The van der Waals surface area contributed by atoms with Gasteiger partial charge in [-0.1, -0.05) is 36.4 Å². The minimum absolute atomic E-state index is 0.0428. The van der Waals surface area contributed by atoms with E-state index >= 15 is 0 Å². The van der Waals surface area contributed by atoms with E-state index in [2.05, 4.69) is 4.90 Å². The molecule has 4 nitrogen and oxygen atoms in total. The second kappa shape index (κ2) is 8.55. The Labute approximate surface area is 188 Å². The van der Waals surface area contributed by atoms with Crippen LogP contribution in [0.3, 0.4) is 0 Å². The van der Waals surface area contributed by atoms with Crippen LogP contribution in [0.25, 0.3) is 10.8 Å². The summed E-state index contributed by atoms with van der Waals surface area (Å²) in [4.78, 5) is 17.7. The molecule has 1 N–H and O–H groups in total. The molecule has 2 saturated heterocycles. The molecule has 0 bridgehead atoms. The number of aromatic hydroxyl groups is 1. The lowest BCUT2D eigenvalue weighted by atomic mass is 9.87. The molecule has 1 spiro atoms. The zero-order valence-corrected chi connectivity index (χ0v) is 18.3. The van der Waals surface area contributed by atoms with Crippen molar-refractivity contribution in [3.63, 3.8) is 0 Å². The Morgan fingerprint density at radius 3 is 2.44 bits per heavy atom. The van der Waals surface area contributed by atoms with Gasteiger partial charge in [-0.15, -0.1) is 0 Å². The van der Waals surface area contributed by atoms with Crippen molar-refractivity contribution in [1.29, 1.82) is 0 Å². The van der Waals surface area contributed by atoms with E-state index in [1.54, 1.807) is 24.3 Å². The Kier molecular flexibility index (Phi) is 5.60. The molecule has 32 heavy (non-hydrogen) atoms. The summed E-state index contributed by atoms with van der Waals surface area (Å²) in [5.74, 6) is -0.246. The molecule has 5 heteroatoms. The van der Waals surface area contributed by atoms with Crippen molar-refractivity contribution in [1.82, 2.24) is 9.80 Å². The molecule has 0 aromatic heterocycles. The minimum atomic E-state index is -0.191. The van der Waals surface area contributed by atoms with Gasteiger partial charge in [-0.2, -0.15) is 0 Å². The van der Waals surface area contributed by atoms with Gasteiger partial charge in [0.1, 0.15) is 11.6 Å². The van der Waals surface area contributed by atoms with Gasteiger partial charge in [0.15, 0.2) is 0 Å². The monoisotopic (exact) mass is 432 g/mol. The molecule has 0 unspecified atom stereocenters. The number of halogens is 1. The quantitative estimate of drug-likeness (QED) is 0.607. The molecule has 5 rings (SSSR count). The van der Waals surface area contributed by atoms with Gasteiger partial charge in [0.05, 0.1) is 5.56 Å². The highest BCUT2D eigenvalue weighted by Gasteiger charge is 2.42. The molecule has 0 radical (unpaired) electrons. The van der Waals surface area contributed by atoms with Crippen molar-refractivity contribution in [3.05, 3.63) is 77.6 Å². The molecule has 3 aromatic carbocycles. The number of benzene rings is 3. The van der Waals surface area contributed by atoms with Crippen molar-refractivity contribution >= 4 is 16.7 Å². The van der Waals surface area contributed by atoms with Gasteiger partial charge in [-0.3, -0.25) is 9.69 Å². The number of amides is 1. The standard InChI is InChI=1S/C27H29FN2O2/c28-23-9-3-6-20(16-23)19-30-14-5-11-27(30)10-4-13-29(15-12-27)26(32)24-17-21-7-1-2-8-22(21)18-25(24)31/h1-3,6-9,16-18,31H,4-5,10-15,19H2/t27-/m1/s1. The van der Waals surface area contributed by atoms with Gasteiger partial charge < -0.3 is 10.0 Å². The summed E-state index contributed by atoms with van der Waals surface area (Å²) in [6, 6.07) is 18.1. The molecule has 0 saturated carbocycles. The van der Waals surface area contributed by atoms with E-state index in [0.29, 0.717) is 18.7 Å². The van der Waals surface area contributed by atoms with Gasteiger partial charge in [-0.25, -0.2) is 4.39 Å². The topological polar surface area (TPSA) is 43.8 Å². The first-order chi connectivity index (χ1) is 15.5. The summed E-state index contributed by atoms with van der Waals surface area (Å²) in [5, 5.41) is 12.4. The largest absolute Gasteiger partial charge is 0.507 e. The summed E-state index contributed by atoms with van der Waals surface area (Å²) >= 11 is 0. The molecular formula is C27H29FN2O2. The molecule has 2 heterocycles. The second-order valence-electron chi connectivity index (χ2n) is 9.24. The number of likely N-dealkylation sites (tertiary alicyclic amines) is 2. The Morgan fingerprint density at radius 2 is 1.66 bits per heavy atom. The maximum absolute atomic E-state index is 13.7. The molecule has 1 amide bonds. The Hall–Kier alpha value is -2.92. The van der Waals surface area contributed by atoms with Gasteiger partial charge in [0.2, 0.25) is 0 Å². The molecule has 1 atom stereocenters. The van der Waals surface area contributed by atoms with Crippen molar-refractivity contribution in [2.24, 2.45) is 0 Å². The van der Waals surface area contributed by atoms with Crippen LogP contribution in [0.2, 0.25) is 0 Å². The smallest absolute Gasteiger partial charge is 0.257 e. The SMILES string of the molecule is O=C(c1cc2ccccc2cc1O)N1CCC[C@@]2(CCCN2Cc2cccc(F)c2)CC1. The first-order valence-electron chi connectivity index (χ1n) is 11.5. The fourth-order valence-corrected chi connectivity index (χ4v) is 5.61. The normalized spacial score (nSPS) is 21.8. The predicted octanol–water partition coefficient (Wildman–Crippen LogP) is 5.35. The molecular weight excluding hydrogens is 403 g/mol. The van der Waals surface area contributed by atoms with Crippen LogP contribution in [0.5, 0.6) is 5.75 Å². The summed E-state index contributed by atoms with van der Waals surface area (Å²) < 4.78 is 13.7. The number of carbonyl (C=O) groups is 1. The molecule has 0 aliphatic carbocycles. The molecule has 2 aliphatic heterocycles. The maximum Gasteiger partial charge on any atom is 0.257 e. The van der Waals surface area contributed by atoms with Crippen LogP contribution in [0, 0.1) is 5.82 Å². The fraction of sp³-hybridized carbons (Fsp3) is 0.370. The average Bonchev–Trinajstić information content (AvgIpc) is 3.03. The number of hydrogen-bond donors (Lipinski definition) is 1. The Balaban J connectivity index is 1.33. The van der Waals surface area contributed by atoms with E-state index < -0.39 is 0 Å². The Morgan fingerprint density at radius 1 is 0.906 bits per heavy atom. The second-order valence-corrected chi connectivity index (χ2v) is 9.24. The molecule has 2 aliphatic rings. The zero-order chi connectivity index (χ0) is 22.1. The number of nitrogens with zero attached hydrogens (tertiary/aromatic N) is 2. The maximum atomic E-state index is 13.7. The van der Waals surface area contributed by atoms with E-state index in [9.17, 15) is 14.3 Å². The fourth-order valence-electron chi connectivity index (χ4n) is 5.61. The highest BCUT2D eigenvalue weighted by atomic mass is 19.1. The average molecular weight is 433 g/mol. The third-order valence-corrected chi connectivity index (χ3v) is 7.30. The highest BCUT2D eigenvalue weighted by molar-refractivity contribution is 6.01. The summed E-state index contributed by atoms with van der Waals surface area (Å²) in [5.41, 5.74) is 1.44. The molecule has 2 fully saturated rings. The van der Waals surface area contributed by atoms with Gasteiger partial charge in [0.25, 0.3) is 5.91 Å². The lowest BCUT2D eigenvalue weighted by Crippen LogP contribution is -2.44. The van der Waals surface area contributed by atoms with E-state index in [1.165, 1.54) is 6.07 Å². The van der Waals surface area contributed by atoms with E-state index in [4.69, 9.17) is 0 Å². The van der Waals surface area contributed by atoms with Gasteiger partial charge in [-0.05, 0) is 79.3 Å². The van der Waals surface area contributed by atoms with Crippen molar-refractivity contribution in [2.75, 3.05) is 19.6 Å². The van der Waals surface area contributed by atoms with E-state index in [-0.39, 0.29) is 23.0 Å². The van der Waals surface area contributed by atoms with Crippen LogP contribution >= 0.6 is 0 Å². The van der Waals surface area contributed by atoms with Crippen molar-refractivity contribution < 1.29 is 14.3 Å². The van der Waals surface area contributed by atoms with E-state index in [1.807, 2.05) is 35.2 Å². The number of hydrogen-bond acceptors (Lipinski definition) is 3. The third kappa shape index (κ3) is 3.97. The zero-order valence-electron chi connectivity index (χ0n) is 18.3. The van der Waals surface area contributed by atoms with Gasteiger partial charge in [0, 0.05) is 25.2 Å². The lowest BCUT2D eigenvalue weighted by molar-refractivity contribution is 0.0735. The van der Waals surface area contributed by atoms with Crippen LogP contribution in [0.15, 0.2) is 60.7 Å². The van der Waals surface area contributed by atoms with E-state index in [0.717, 1.165) is 61.5 Å². The summed E-state index contributed by atoms with van der Waals surface area (Å²) in [6.45, 7) is 3.12. The first-order valence-corrected chi connectivity index (χ1v) is 11.5. The number of phenols is 1. The van der Waals surface area contributed by atoms with Crippen molar-refractivity contribution in [2.45, 2.75) is 44.2 Å². The number of phenolic OH excluding ortho intramolecular Hbond substituents is 1. The van der Waals surface area contributed by atoms with Crippen LogP contribution in [-0.2, 0) is 6.54 Å².